The molecule has 0 radical (unpaired) electrons. The van der Waals surface area contributed by atoms with Crippen LogP contribution in [-0.4, -0.2) is 6.21 Å². The number of nitrogens with zero attached hydrogens (tertiary/aromatic N) is 1. The third kappa shape index (κ3) is 8.93. The third-order valence-electron chi connectivity index (χ3n) is 5.02. The Morgan fingerprint density at radius 1 is 1.00 bits per heavy atom. The van der Waals surface area contributed by atoms with Gasteiger partial charge in [0.05, 0.1) is 0 Å². The molecule has 0 aromatic heterocycles. The van der Waals surface area contributed by atoms with Crippen LogP contribution in [0.15, 0.2) is 41.4 Å². The molecule has 1 atom stereocenters. The molecule has 0 heterocycles. The molecule has 1 nitrogen and oxygen atoms in total. The number of fused-ring (bicyclic) bond motifs is 1. The molecule has 6 heteroatoms. The van der Waals surface area contributed by atoms with E-state index in [2.05, 4.69) is 49.0 Å². The number of hydrogen-bond donors (Lipinski definition) is 0. The average molecular weight is 819 g/mol. The van der Waals surface area contributed by atoms with Crippen molar-refractivity contribution in [3.8, 4) is 0 Å². The van der Waals surface area contributed by atoms with Gasteiger partial charge >= 0.3 is 163 Å². The molecular formula is C21H25Cl2FeHg2N. The van der Waals surface area contributed by atoms with Gasteiger partial charge in [0.1, 0.15) is 0 Å². The Labute approximate surface area is 210 Å². The summed E-state index contributed by atoms with van der Waals surface area (Å²) >= 11 is -1.01. The van der Waals surface area contributed by atoms with E-state index in [1.54, 1.807) is 0 Å². The second-order valence-corrected chi connectivity index (χ2v) is 12.9. The van der Waals surface area contributed by atoms with Crippen LogP contribution in [0.1, 0.15) is 51.4 Å². The minimum absolute atomic E-state index is 0. The summed E-state index contributed by atoms with van der Waals surface area (Å²) in [5.41, 5.74) is 1.11. The van der Waals surface area contributed by atoms with Gasteiger partial charge in [0, 0.05) is 17.1 Å². The Morgan fingerprint density at radius 2 is 1.67 bits per heavy atom. The summed E-state index contributed by atoms with van der Waals surface area (Å²) in [7, 11) is 11.2. The Hall–Kier alpha value is 1.34. The van der Waals surface area contributed by atoms with Gasteiger partial charge in [-0.3, -0.25) is 0 Å². The van der Waals surface area contributed by atoms with Crippen molar-refractivity contribution >= 4 is 42.2 Å². The maximum atomic E-state index is 6.35. The largest absolute Gasteiger partial charge is 0 e. The average Bonchev–Trinajstić information content (AvgIpc) is 3.44. The fourth-order valence-corrected chi connectivity index (χ4v) is 9.21. The van der Waals surface area contributed by atoms with E-state index >= 15 is 0 Å². The van der Waals surface area contributed by atoms with Crippen molar-refractivity contribution in [1.82, 2.24) is 0 Å². The molecule has 0 bridgehead atoms. The van der Waals surface area contributed by atoms with Gasteiger partial charge in [-0.15, -0.1) is 0 Å². The first kappa shape index (κ1) is 26.4. The molecular weight excluding hydrogens is 794 g/mol. The summed E-state index contributed by atoms with van der Waals surface area (Å²) in [6.07, 6.45) is 15.8. The van der Waals surface area contributed by atoms with Gasteiger partial charge < -0.3 is 0 Å². The van der Waals surface area contributed by atoms with Gasteiger partial charge in [0.25, 0.3) is 0 Å². The van der Waals surface area contributed by atoms with Crippen LogP contribution >= 0.6 is 16.5 Å². The monoisotopic (exact) mass is 821 g/mol. The van der Waals surface area contributed by atoms with E-state index < -0.39 is 23.3 Å². The van der Waals surface area contributed by atoms with Crippen molar-refractivity contribution < 1.29 is 65.3 Å². The predicted molar refractivity (Wildman–Crippen MR) is 108 cm³/mol. The van der Waals surface area contributed by atoms with Crippen LogP contribution in [-0.2, 0) is 65.3 Å². The van der Waals surface area contributed by atoms with Gasteiger partial charge in [-0.25, -0.2) is 0 Å². The second-order valence-electron chi connectivity index (χ2n) is 6.79. The van der Waals surface area contributed by atoms with Crippen LogP contribution in [0.25, 0.3) is 10.8 Å². The first-order valence-electron chi connectivity index (χ1n) is 9.59. The first-order chi connectivity index (χ1) is 12.9. The van der Waals surface area contributed by atoms with E-state index in [-0.39, 0.29) is 17.1 Å². The molecule has 2 aliphatic rings. The Balaban J connectivity index is 0.000000390. The number of benzene rings is 2. The van der Waals surface area contributed by atoms with E-state index in [1.807, 2.05) is 0 Å². The molecule has 1 unspecified atom stereocenters. The molecule has 27 heavy (non-hydrogen) atoms. The first-order valence-corrected chi connectivity index (χ1v) is 25.9. The van der Waals surface area contributed by atoms with Crippen LogP contribution in [0.3, 0.4) is 0 Å². The fourth-order valence-electron chi connectivity index (χ4n) is 3.58. The molecule has 0 amide bonds. The van der Waals surface area contributed by atoms with Crippen LogP contribution in [0.2, 0.25) is 0 Å². The van der Waals surface area contributed by atoms with Crippen molar-refractivity contribution in [1.29, 1.82) is 0 Å². The van der Waals surface area contributed by atoms with Crippen molar-refractivity contribution in [2.75, 3.05) is 0 Å². The zero-order valence-electron chi connectivity index (χ0n) is 15.8. The van der Waals surface area contributed by atoms with E-state index in [1.165, 1.54) is 65.2 Å². The summed E-state index contributed by atoms with van der Waals surface area (Å²) in [4.78, 5) is 4.72. The minimum atomic E-state index is -1.51. The molecule has 2 aromatic rings. The van der Waals surface area contributed by atoms with Gasteiger partial charge in [-0.05, 0) is 0 Å². The molecule has 0 spiro atoms. The van der Waals surface area contributed by atoms with E-state index in [0.717, 1.165) is 5.69 Å². The smallest absolute Gasteiger partial charge is 0 e. The normalized spacial score (nSPS) is 18.1. The number of rotatable bonds is 3. The summed E-state index contributed by atoms with van der Waals surface area (Å²) in [5.74, 6) is 0.561. The van der Waals surface area contributed by atoms with Crippen LogP contribution in [0, 0.1) is 12.3 Å². The van der Waals surface area contributed by atoms with Crippen molar-refractivity contribution in [3.63, 3.8) is 0 Å². The quantitative estimate of drug-likeness (QED) is 0.179. The molecule has 2 fully saturated rings. The summed E-state index contributed by atoms with van der Waals surface area (Å²) < 4.78 is 1.36. The predicted octanol–water partition coefficient (Wildman–Crippen LogP) is 7.04. The zero-order chi connectivity index (χ0) is 18.6. The molecule has 4 rings (SSSR count). The van der Waals surface area contributed by atoms with E-state index in [9.17, 15) is 0 Å². The Morgan fingerprint density at radius 3 is 2.26 bits per heavy atom. The summed E-state index contributed by atoms with van der Waals surface area (Å²) in [5, 5.41) is 2.59. The van der Waals surface area contributed by atoms with E-state index in [0.29, 0.717) is 30.8 Å². The number of aliphatic imine (C=N–C) groups is 1. The third-order valence-corrected chi connectivity index (χ3v) is 11.3. The molecule has 0 saturated heterocycles. The zero-order valence-corrected chi connectivity index (χ0v) is 29.4. The molecule has 0 aliphatic heterocycles. The second kappa shape index (κ2) is 16.1. The summed E-state index contributed by atoms with van der Waals surface area (Å²) in [6.45, 7) is 0. The number of hydrogen-bond acceptors (Lipinski definition) is 1. The SMILES string of the molecule is C1CCCC1.[Cl][Hg+].[Cl][Hg][c]1c(N=CC2[CH-]CCC2)ccc2ccccc12.[Fe]. The maximum absolute atomic E-state index is 6.35. The molecule has 2 saturated carbocycles. The maximum Gasteiger partial charge on any atom is 0 e. The topological polar surface area (TPSA) is 12.4 Å². The Kier molecular flexibility index (Phi) is 15.7. The van der Waals surface area contributed by atoms with Crippen LogP contribution < -0.4 is 3.07 Å². The summed E-state index contributed by atoms with van der Waals surface area (Å²) in [6, 6.07) is 12.8. The van der Waals surface area contributed by atoms with Crippen molar-refractivity contribution in [2.45, 2.75) is 51.4 Å². The van der Waals surface area contributed by atoms with Crippen LogP contribution in [0.5, 0.6) is 0 Å². The van der Waals surface area contributed by atoms with Crippen LogP contribution in [0.4, 0.5) is 5.69 Å². The van der Waals surface area contributed by atoms with Gasteiger partial charge in [-0.1, -0.05) is 32.1 Å². The number of halogens is 2. The van der Waals surface area contributed by atoms with Gasteiger partial charge in [-0.2, -0.15) is 0 Å². The van der Waals surface area contributed by atoms with Crippen molar-refractivity contribution in [2.24, 2.45) is 10.9 Å². The minimum Gasteiger partial charge on any atom is 0 e. The van der Waals surface area contributed by atoms with Crippen molar-refractivity contribution in [3.05, 3.63) is 42.8 Å². The van der Waals surface area contributed by atoms with E-state index in [4.69, 9.17) is 21.5 Å². The standard InChI is InChI=1S/C16H15N.C5H10.2ClH.Fe.2Hg/c1-2-6-13(5-1)12-17-16-10-9-14-7-3-4-8-15(14)11-16;1-2-4-5-3-1;;;;;/h3-5,7-10,12-13H,1-2,6H2;1-5H2;2*1H;;;/q-1;;;;;+1;+2/p-2. The molecule has 2 aromatic carbocycles. The van der Waals surface area contributed by atoms with Gasteiger partial charge in [0.2, 0.25) is 0 Å². The molecule has 0 N–H and O–H groups in total. The fraction of sp³-hybridized carbons (Fsp3) is 0.429. The Bertz CT molecular complexity index is 679. The molecule has 140 valence electrons. The van der Waals surface area contributed by atoms with Gasteiger partial charge in [0.15, 0.2) is 0 Å². The molecule has 2 aliphatic carbocycles.